The van der Waals surface area contributed by atoms with Crippen LogP contribution in [0.3, 0.4) is 0 Å². The molecular weight excluding hydrogens is 406 g/mol. The van der Waals surface area contributed by atoms with E-state index in [1.165, 1.54) is 22.7 Å². The highest BCUT2D eigenvalue weighted by Gasteiger charge is 2.23. The molecule has 1 aliphatic heterocycles. The number of nitrogens with zero attached hydrogens (tertiary/aromatic N) is 4. The zero-order valence-electron chi connectivity index (χ0n) is 16.1. The summed E-state index contributed by atoms with van der Waals surface area (Å²) in [5.74, 6) is 0.843. The Morgan fingerprint density at radius 3 is 2.62 bits per heavy atom. The minimum Gasteiger partial charge on any atom is -0.343 e. The quantitative estimate of drug-likeness (QED) is 0.668. The zero-order valence-corrected chi connectivity index (χ0v) is 17.7. The van der Waals surface area contributed by atoms with Gasteiger partial charge in [-0.2, -0.15) is 4.37 Å². The first-order valence-electron chi connectivity index (χ1n) is 9.51. The van der Waals surface area contributed by atoms with Crippen LogP contribution < -0.4 is 10.2 Å². The van der Waals surface area contributed by atoms with Gasteiger partial charge in [-0.05, 0) is 30.7 Å². The van der Waals surface area contributed by atoms with Crippen molar-refractivity contribution in [1.82, 2.24) is 14.3 Å². The van der Waals surface area contributed by atoms with Crippen LogP contribution in [0.1, 0.15) is 17.0 Å². The second kappa shape index (κ2) is 8.80. The molecule has 0 aliphatic carbocycles. The number of aryl methyl sites for hydroxylation is 1. The molecule has 8 heteroatoms. The van der Waals surface area contributed by atoms with E-state index < -0.39 is 0 Å². The van der Waals surface area contributed by atoms with E-state index in [9.17, 15) is 4.79 Å². The number of carbonyl (C=O) groups is 1. The second-order valence-corrected chi connectivity index (χ2v) is 8.24. The molecule has 0 bridgehead atoms. The van der Waals surface area contributed by atoms with Gasteiger partial charge >= 0.3 is 6.03 Å². The summed E-state index contributed by atoms with van der Waals surface area (Å²) in [5.41, 5.74) is 3.16. The van der Waals surface area contributed by atoms with E-state index in [0.717, 1.165) is 30.5 Å². The fraction of sp³-hybridized carbons (Fsp3) is 0.286. The van der Waals surface area contributed by atoms with Gasteiger partial charge in [0.05, 0.1) is 0 Å². The molecule has 1 aliphatic rings. The molecule has 0 saturated carbocycles. The number of benzene rings is 2. The van der Waals surface area contributed by atoms with Crippen molar-refractivity contribution in [3.63, 3.8) is 0 Å². The molecule has 4 rings (SSSR count). The number of hydrogen-bond donors (Lipinski definition) is 1. The minimum atomic E-state index is -0.107. The summed E-state index contributed by atoms with van der Waals surface area (Å²) < 4.78 is 4.51. The highest BCUT2D eigenvalue weighted by Crippen LogP contribution is 2.21. The lowest BCUT2D eigenvalue weighted by molar-refractivity contribution is 0.208. The Balaban J connectivity index is 1.31. The molecule has 2 aromatic carbocycles. The normalized spacial score (nSPS) is 14.1. The standard InChI is InChI=1S/C21H22ClN5OS/c1-15-5-7-16(8-6-15)13-19-24-21(29-25-19)27-11-9-26(10-12-27)20(28)23-18-4-2-3-17(22)14-18/h2-8,14H,9-13H2,1H3,(H,23,28). The number of halogens is 1. The minimum absolute atomic E-state index is 0.107. The molecule has 0 spiro atoms. The molecule has 0 atom stereocenters. The van der Waals surface area contributed by atoms with Gasteiger partial charge in [0, 0.05) is 54.8 Å². The van der Waals surface area contributed by atoms with Crippen LogP contribution in [0.25, 0.3) is 0 Å². The van der Waals surface area contributed by atoms with Crippen LogP contribution in [0.2, 0.25) is 5.02 Å². The maximum atomic E-state index is 12.5. The fourth-order valence-electron chi connectivity index (χ4n) is 3.20. The zero-order chi connectivity index (χ0) is 20.2. The first-order chi connectivity index (χ1) is 14.1. The Kier molecular flexibility index (Phi) is 5.97. The highest BCUT2D eigenvalue weighted by molar-refractivity contribution is 7.09. The molecule has 150 valence electrons. The number of aromatic nitrogens is 2. The average molecular weight is 428 g/mol. The Labute approximate surface area is 179 Å². The molecule has 1 N–H and O–H groups in total. The number of piperazine rings is 1. The van der Waals surface area contributed by atoms with Crippen LogP contribution >= 0.6 is 23.1 Å². The summed E-state index contributed by atoms with van der Waals surface area (Å²) >= 11 is 7.40. The van der Waals surface area contributed by atoms with Crippen molar-refractivity contribution in [2.75, 3.05) is 36.4 Å². The van der Waals surface area contributed by atoms with Gasteiger partial charge in [0.25, 0.3) is 0 Å². The molecule has 6 nitrogen and oxygen atoms in total. The van der Waals surface area contributed by atoms with Crippen molar-refractivity contribution in [2.45, 2.75) is 13.3 Å². The van der Waals surface area contributed by atoms with E-state index >= 15 is 0 Å². The van der Waals surface area contributed by atoms with Crippen molar-refractivity contribution in [1.29, 1.82) is 0 Å². The number of urea groups is 1. The summed E-state index contributed by atoms with van der Waals surface area (Å²) in [5, 5.41) is 4.42. The van der Waals surface area contributed by atoms with Crippen LogP contribution in [-0.2, 0) is 6.42 Å². The molecule has 29 heavy (non-hydrogen) atoms. The predicted molar refractivity (Wildman–Crippen MR) is 118 cm³/mol. The largest absolute Gasteiger partial charge is 0.343 e. The molecule has 3 aromatic rings. The van der Waals surface area contributed by atoms with Crippen LogP contribution in [0.15, 0.2) is 48.5 Å². The maximum absolute atomic E-state index is 12.5. The van der Waals surface area contributed by atoms with E-state index in [4.69, 9.17) is 16.6 Å². The van der Waals surface area contributed by atoms with E-state index in [-0.39, 0.29) is 6.03 Å². The third kappa shape index (κ3) is 5.05. The Bertz CT molecular complexity index is 983. The van der Waals surface area contributed by atoms with Crippen molar-refractivity contribution in [3.05, 3.63) is 70.5 Å². The number of nitrogens with one attached hydrogen (secondary N) is 1. The molecule has 1 aromatic heterocycles. The smallest absolute Gasteiger partial charge is 0.321 e. The summed E-state index contributed by atoms with van der Waals surface area (Å²) in [7, 11) is 0. The number of carbonyl (C=O) groups excluding carboxylic acids is 1. The van der Waals surface area contributed by atoms with Crippen LogP contribution in [0.4, 0.5) is 15.6 Å². The molecule has 2 amide bonds. The van der Waals surface area contributed by atoms with Gasteiger partial charge in [0.2, 0.25) is 5.13 Å². The first-order valence-corrected chi connectivity index (χ1v) is 10.7. The Hall–Kier alpha value is -2.64. The highest BCUT2D eigenvalue weighted by atomic mass is 35.5. The second-order valence-electron chi connectivity index (χ2n) is 7.07. The average Bonchev–Trinajstić information content (AvgIpc) is 3.18. The third-order valence-corrected chi connectivity index (χ3v) is 5.90. The van der Waals surface area contributed by atoms with Crippen LogP contribution in [0, 0.1) is 6.92 Å². The molecule has 1 saturated heterocycles. The third-order valence-electron chi connectivity index (χ3n) is 4.85. The first kappa shape index (κ1) is 19.7. The molecular formula is C21H22ClN5OS. The monoisotopic (exact) mass is 427 g/mol. The summed E-state index contributed by atoms with van der Waals surface area (Å²) in [4.78, 5) is 21.2. The van der Waals surface area contributed by atoms with Crippen LogP contribution in [0.5, 0.6) is 0 Å². The van der Waals surface area contributed by atoms with E-state index in [2.05, 4.69) is 45.8 Å². The molecule has 2 heterocycles. The van der Waals surface area contributed by atoms with Gasteiger partial charge in [0.15, 0.2) is 0 Å². The summed E-state index contributed by atoms with van der Waals surface area (Å²) in [6, 6.07) is 15.5. The van der Waals surface area contributed by atoms with Gasteiger partial charge < -0.3 is 15.1 Å². The van der Waals surface area contributed by atoms with Crippen molar-refractivity contribution >= 4 is 40.0 Å². The SMILES string of the molecule is Cc1ccc(Cc2nsc(N3CCN(C(=O)Nc4cccc(Cl)c4)CC3)n2)cc1. The van der Waals surface area contributed by atoms with E-state index in [1.807, 2.05) is 17.0 Å². The van der Waals surface area contributed by atoms with E-state index in [1.54, 1.807) is 12.1 Å². The van der Waals surface area contributed by atoms with Crippen LogP contribution in [-0.4, -0.2) is 46.5 Å². The van der Waals surface area contributed by atoms with Gasteiger partial charge in [-0.3, -0.25) is 0 Å². The molecule has 0 unspecified atom stereocenters. The summed E-state index contributed by atoms with van der Waals surface area (Å²) in [6.45, 7) is 4.83. The van der Waals surface area contributed by atoms with Gasteiger partial charge in [0.1, 0.15) is 5.82 Å². The van der Waals surface area contributed by atoms with Gasteiger partial charge in [-0.1, -0.05) is 47.5 Å². The Morgan fingerprint density at radius 2 is 1.90 bits per heavy atom. The molecule has 0 radical (unpaired) electrons. The van der Waals surface area contributed by atoms with Crippen molar-refractivity contribution < 1.29 is 4.79 Å². The topological polar surface area (TPSA) is 61.4 Å². The summed E-state index contributed by atoms with van der Waals surface area (Å²) in [6.07, 6.45) is 0.735. The van der Waals surface area contributed by atoms with E-state index in [0.29, 0.717) is 23.8 Å². The number of hydrogen-bond acceptors (Lipinski definition) is 5. The Morgan fingerprint density at radius 1 is 1.14 bits per heavy atom. The van der Waals surface area contributed by atoms with Crippen molar-refractivity contribution in [3.8, 4) is 0 Å². The number of anilines is 2. The number of rotatable bonds is 4. The lowest BCUT2D eigenvalue weighted by Gasteiger charge is -2.34. The van der Waals surface area contributed by atoms with Gasteiger partial charge in [-0.25, -0.2) is 9.78 Å². The van der Waals surface area contributed by atoms with Crippen molar-refractivity contribution in [2.24, 2.45) is 0 Å². The fourth-order valence-corrected chi connectivity index (χ4v) is 4.13. The predicted octanol–water partition coefficient (Wildman–Crippen LogP) is 4.44. The maximum Gasteiger partial charge on any atom is 0.321 e. The van der Waals surface area contributed by atoms with Gasteiger partial charge in [-0.15, -0.1) is 0 Å². The number of amides is 2. The lowest BCUT2D eigenvalue weighted by atomic mass is 10.1. The molecule has 1 fully saturated rings. The lowest BCUT2D eigenvalue weighted by Crippen LogP contribution is -2.50.